The summed E-state index contributed by atoms with van der Waals surface area (Å²) in [5, 5.41) is 0.376. The highest BCUT2D eigenvalue weighted by molar-refractivity contribution is 6.31. The van der Waals surface area contributed by atoms with Gasteiger partial charge < -0.3 is 0 Å². The first-order chi connectivity index (χ1) is 4.57. The van der Waals surface area contributed by atoms with Crippen LogP contribution in [0.5, 0.6) is 0 Å². The molecule has 0 radical (unpaired) electrons. The Balaban J connectivity index is 4.34. The van der Waals surface area contributed by atoms with Crippen LogP contribution in [0.1, 0.15) is 13.3 Å². The van der Waals surface area contributed by atoms with Gasteiger partial charge >= 0.3 is 0 Å². The molecule has 0 aromatic rings. The zero-order chi connectivity index (χ0) is 8.15. The maximum atomic E-state index is 12.1. The van der Waals surface area contributed by atoms with Crippen molar-refractivity contribution in [1.82, 2.24) is 0 Å². The summed E-state index contributed by atoms with van der Waals surface area (Å²) in [6.07, 6.45) is 1.96. The molecule has 0 bridgehead atoms. The monoisotopic (exact) mass is 160 g/mol. The van der Waals surface area contributed by atoms with Gasteiger partial charge in [-0.15, -0.1) is 0 Å². The fourth-order valence-electron chi connectivity index (χ4n) is 0.561. The van der Waals surface area contributed by atoms with Gasteiger partial charge in [0.15, 0.2) is 0 Å². The van der Waals surface area contributed by atoms with Crippen molar-refractivity contribution in [2.75, 3.05) is 0 Å². The lowest BCUT2D eigenvalue weighted by Crippen LogP contribution is -1.78. The number of hydrogen-bond acceptors (Lipinski definition) is 0. The van der Waals surface area contributed by atoms with Gasteiger partial charge in [0.05, 0.1) is 0 Å². The zero-order valence-electron chi connectivity index (χ0n) is 5.95. The van der Waals surface area contributed by atoms with E-state index in [4.69, 9.17) is 11.6 Å². The van der Waals surface area contributed by atoms with Gasteiger partial charge in [-0.3, -0.25) is 0 Å². The summed E-state index contributed by atoms with van der Waals surface area (Å²) in [5.74, 6) is -0.487. The third-order valence-electron chi connectivity index (χ3n) is 1.06. The second-order valence-corrected chi connectivity index (χ2v) is 2.33. The average molecular weight is 161 g/mol. The van der Waals surface area contributed by atoms with Crippen LogP contribution in [0.3, 0.4) is 0 Å². The van der Waals surface area contributed by atoms with E-state index in [1.807, 2.05) is 6.92 Å². The summed E-state index contributed by atoms with van der Waals surface area (Å²) in [6, 6.07) is 0. The molecule has 0 spiro atoms. The Morgan fingerprint density at radius 2 is 2.10 bits per heavy atom. The van der Waals surface area contributed by atoms with Crippen LogP contribution < -0.4 is 0 Å². The van der Waals surface area contributed by atoms with Crippen LogP contribution in [-0.2, 0) is 0 Å². The topological polar surface area (TPSA) is 0 Å². The predicted molar refractivity (Wildman–Crippen MR) is 43.6 cm³/mol. The average Bonchev–Trinajstić information content (AvgIpc) is 1.81. The Kier molecular flexibility index (Phi) is 4.05. The molecule has 0 aromatic carbocycles. The highest BCUT2D eigenvalue weighted by atomic mass is 35.5. The Labute approximate surface area is 65.7 Å². The fraction of sp³-hybridized carbons (Fsp3) is 0.250. The van der Waals surface area contributed by atoms with E-state index in [9.17, 15) is 4.39 Å². The van der Waals surface area contributed by atoms with Crippen molar-refractivity contribution < 1.29 is 4.39 Å². The maximum Gasteiger partial charge on any atom is 0.116 e. The summed E-state index contributed by atoms with van der Waals surface area (Å²) in [7, 11) is 0. The largest absolute Gasteiger partial charge is 0.208 e. The van der Waals surface area contributed by atoms with Crippen molar-refractivity contribution in [2.45, 2.75) is 13.3 Å². The van der Waals surface area contributed by atoms with Crippen molar-refractivity contribution in [2.24, 2.45) is 0 Å². The van der Waals surface area contributed by atoms with Crippen molar-refractivity contribution in [3.8, 4) is 0 Å². The molecule has 2 heteroatoms. The number of allylic oxidation sites excluding steroid dienone is 4. The summed E-state index contributed by atoms with van der Waals surface area (Å²) in [5.41, 5.74) is 0.689. The Morgan fingerprint density at radius 3 is 2.20 bits per heavy atom. The second-order valence-electron chi connectivity index (χ2n) is 1.87. The Bertz CT molecular complexity index is 180. The molecular formula is C8H10ClF. The number of rotatable bonds is 3. The van der Waals surface area contributed by atoms with E-state index in [2.05, 4.69) is 13.2 Å². The summed E-state index contributed by atoms with van der Waals surface area (Å²) in [6.45, 7) is 8.43. The molecule has 10 heavy (non-hydrogen) atoms. The van der Waals surface area contributed by atoms with E-state index in [1.165, 1.54) is 6.08 Å². The van der Waals surface area contributed by atoms with Crippen LogP contribution in [0.25, 0.3) is 0 Å². The first kappa shape index (κ1) is 9.44. The first-order valence-electron chi connectivity index (χ1n) is 2.97. The molecule has 0 fully saturated rings. The van der Waals surface area contributed by atoms with Crippen molar-refractivity contribution in [1.29, 1.82) is 0 Å². The highest BCUT2D eigenvalue weighted by Gasteiger charge is 1.96. The minimum Gasteiger partial charge on any atom is -0.208 e. The molecular weight excluding hydrogens is 151 g/mol. The minimum absolute atomic E-state index is 0.376. The van der Waals surface area contributed by atoms with Crippen LogP contribution in [0, 0.1) is 0 Å². The lowest BCUT2D eigenvalue weighted by molar-refractivity contribution is 0.669. The molecule has 0 saturated heterocycles. The third kappa shape index (κ3) is 3.46. The van der Waals surface area contributed by atoms with E-state index in [1.54, 1.807) is 0 Å². The third-order valence-corrected chi connectivity index (χ3v) is 1.30. The molecule has 0 rings (SSSR count). The normalized spacial score (nSPS) is 11.3. The fourth-order valence-corrected chi connectivity index (χ4v) is 0.749. The van der Waals surface area contributed by atoms with Gasteiger partial charge in [-0.05, 0) is 18.1 Å². The van der Waals surface area contributed by atoms with Crippen LogP contribution in [-0.4, -0.2) is 0 Å². The predicted octanol–water partition coefficient (Wildman–Crippen LogP) is 3.56. The number of halogens is 2. The van der Waals surface area contributed by atoms with Gasteiger partial charge in [0, 0.05) is 5.03 Å². The molecule has 0 amide bonds. The molecule has 0 aromatic heterocycles. The molecule has 0 unspecified atom stereocenters. The van der Waals surface area contributed by atoms with Gasteiger partial charge in [0.25, 0.3) is 0 Å². The lowest BCUT2D eigenvalue weighted by Gasteiger charge is -1.98. The highest BCUT2D eigenvalue weighted by Crippen LogP contribution is 2.17. The first-order valence-corrected chi connectivity index (χ1v) is 3.35. The summed E-state index contributed by atoms with van der Waals surface area (Å²) < 4.78 is 12.1. The molecule has 0 atom stereocenters. The van der Waals surface area contributed by atoms with Crippen LogP contribution in [0.4, 0.5) is 4.39 Å². The summed E-state index contributed by atoms with van der Waals surface area (Å²) >= 11 is 5.52. The molecule has 0 heterocycles. The molecule has 0 nitrogen and oxygen atoms in total. The van der Waals surface area contributed by atoms with E-state index in [0.717, 1.165) is 0 Å². The summed E-state index contributed by atoms with van der Waals surface area (Å²) in [4.78, 5) is 0. The van der Waals surface area contributed by atoms with Gasteiger partial charge in [-0.1, -0.05) is 31.7 Å². The van der Waals surface area contributed by atoms with Gasteiger partial charge in [-0.25, -0.2) is 4.39 Å². The molecule has 0 saturated carbocycles. The van der Waals surface area contributed by atoms with E-state index in [-0.39, 0.29) is 0 Å². The van der Waals surface area contributed by atoms with Crippen molar-refractivity contribution >= 4 is 11.6 Å². The van der Waals surface area contributed by atoms with Gasteiger partial charge in [0.1, 0.15) is 5.83 Å². The van der Waals surface area contributed by atoms with Gasteiger partial charge in [-0.2, -0.15) is 0 Å². The van der Waals surface area contributed by atoms with Crippen molar-refractivity contribution in [3.05, 3.63) is 35.7 Å². The van der Waals surface area contributed by atoms with Crippen molar-refractivity contribution in [3.63, 3.8) is 0 Å². The molecule has 56 valence electrons. The van der Waals surface area contributed by atoms with E-state index >= 15 is 0 Å². The van der Waals surface area contributed by atoms with E-state index < -0.39 is 5.83 Å². The van der Waals surface area contributed by atoms with Crippen LogP contribution >= 0.6 is 11.6 Å². The SMILES string of the molecule is C=C(F)/C=C(/CC)C(=C)Cl. The Hall–Kier alpha value is -0.560. The smallest absolute Gasteiger partial charge is 0.116 e. The van der Waals surface area contributed by atoms with Gasteiger partial charge in [0.2, 0.25) is 0 Å². The second kappa shape index (κ2) is 4.29. The number of hydrogen-bond donors (Lipinski definition) is 0. The van der Waals surface area contributed by atoms with Crippen LogP contribution in [0.15, 0.2) is 35.7 Å². The zero-order valence-corrected chi connectivity index (χ0v) is 6.71. The molecule has 0 aliphatic heterocycles. The minimum atomic E-state index is -0.487. The molecule has 0 N–H and O–H groups in total. The standard InChI is InChI=1S/C8H10ClF/c1-4-8(7(3)9)5-6(2)10/h5H,2-4H2,1H3/b8-5-. The van der Waals surface area contributed by atoms with Crippen LogP contribution in [0.2, 0.25) is 0 Å². The Morgan fingerprint density at radius 1 is 1.60 bits per heavy atom. The molecule has 0 aliphatic carbocycles. The quantitative estimate of drug-likeness (QED) is 0.554. The van der Waals surface area contributed by atoms with E-state index in [0.29, 0.717) is 17.0 Å². The lowest BCUT2D eigenvalue weighted by atomic mass is 10.2. The maximum absolute atomic E-state index is 12.1. The molecule has 0 aliphatic rings.